The van der Waals surface area contributed by atoms with Crippen LogP contribution in [0.15, 0.2) is 12.4 Å². The van der Waals surface area contributed by atoms with Crippen LogP contribution >= 0.6 is 0 Å². The van der Waals surface area contributed by atoms with Gasteiger partial charge in [0.25, 0.3) is 6.43 Å². The maximum absolute atomic E-state index is 12.2. The van der Waals surface area contributed by atoms with E-state index in [0.29, 0.717) is 5.82 Å². The minimum atomic E-state index is -2.38. The van der Waals surface area contributed by atoms with Crippen molar-refractivity contribution in [2.45, 2.75) is 25.2 Å². The van der Waals surface area contributed by atoms with Gasteiger partial charge in [-0.3, -0.25) is 4.98 Å². The number of likely N-dealkylation sites (N-methyl/N-ethyl adjacent to an activating group) is 1. The van der Waals surface area contributed by atoms with Crippen molar-refractivity contribution >= 4 is 5.82 Å². The van der Waals surface area contributed by atoms with Gasteiger partial charge in [-0.2, -0.15) is 0 Å². The molecule has 18 heavy (non-hydrogen) atoms. The summed E-state index contributed by atoms with van der Waals surface area (Å²) in [5.74, 6) is 0.774. The average Bonchev–Trinajstić information content (AvgIpc) is 2.36. The molecule has 1 saturated heterocycles. The van der Waals surface area contributed by atoms with Gasteiger partial charge in [-0.25, -0.2) is 13.8 Å². The van der Waals surface area contributed by atoms with Gasteiger partial charge in [0.05, 0.1) is 12.2 Å². The molecule has 6 heteroatoms. The Kier molecular flexibility index (Phi) is 4.41. The van der Waals surface area contributed by atoms with Crippen LogP contribution in [0.25, 0.3) is 0 Å². The molecular weight excluding hydrogens is 238 g/mol. The summed E-state index contributed by atoms with van der Waals surface area (Å²) in [7, 11) is 2.06. The van der Waals surface area contributed by atoms with E-state index in [1.54, 1.807) is 6.20 Å². The Morgan fingerprint density at radius 3 is 2.94 bits per heavy atom. The molecular formula is C12H18F2N4. The largest absolute Gasteiger partial charge is 0.363 e. The highest BCUT2D eigenvalue weighted by atomic mass is 19.3. The van der Waals surface area contributed by atoms with Crippen LogP contribution in [-0.2, 0) is 0 Å². The number of anilines is 1. The van der Waals surface area contributed by atoms with E-state index in [1.165, 1.54) is 6.20 Å². The number of nitrogens with zero attached hydrogens (tertiary/aromatic N) is 3. The zero-order valence-electron chi connectivity index (χ0n) is 10.4. The van der Waals surface area contributed by atoms with E-state index in [1.807, 2.05) is 0 Å². The van der Waals surface area contributed by atoms with Crippen LogP contribution in [0.5, 0.6) is 0 Å². The molecule has 100 valence electrons. The highest BCUT2D eigenvalue weighted by molar-refractivity contribution is 5.42. The van der Waals surface area contributed by atoms with E-state index < -0.39 is 6.43 Å². The number of halogens is 2. The van der Waals surface area contributed by atoms with Gasteiger partial charge in [0.15, 0.2) is 0 Å². The SMILES string of the molecule is CN1CCC[C@@H](c2nccnc2NCC(F)F)C1. The first-order chi connectivity index (χ1) is 8.66. The summed E-state index contributed by atoms with van der Waals surface area (Å²) in [5.41, 5.74) is 0.810. The van der Waals surface area contributed by atoms with E-state index >= 15 is 0 Å². The maximum atomic E-state index is 12.2. The van der Waals surface area contributed by atoms with Gasteiger partial charge in [0.2, 0.25) is 0 Å². The number of hydrogen-bond donors (Lipinski definition) is 1. The smallest absolute Gasteiger partial charge is 0.255 e. The van der Waals surface area contributed by atoms with Crippen molar-refractivity contribution in [3.8, 4) is 0 Å². The fourth-order valence-corrected chi connectivity index (χ4v) is 2.35. The van der Waals surface area contributed by atoms with E-state index in [4.69, 9.17) is 0 Å². The second-order valence-electron chi connectivity index (χ2n) is 4.66. The average molecular weight is 256 g/mol. The lowest BCUT2D eigenvalue weighted by Crippen LogP contribution is -2.31. The third kappa shape index (κ3) is 3.35. The molecule has 0 aliphatic carbocycles. The van der Waals surface area contributed by atoms with Crippen LogP contribution in [-0.4, -0.2) is 48.0 Å². The highest BCUT2D eigenvalue weighted by Gasteiger charge is 2.23. The Bertz CT molecular complexity index is 386. The standard InChI is InChI=1S/C12H18F2N4/c1-18-6-2-3-9(8-18)11-12(16-5-4-15-11)17-7-10(13)14/h4-5,9-10H,2-3,6-8H2,1H3,(H,16,17)/t9-/m1/s1. The molecule has 2 heterocycles. The summed E-state index contributed by atoms with van der Waals surface area (Å²) in [6.07, 6.45) is 2.91. The van der Waals surface area contributed by atoms with Gasteiger partial charge in [-0.15, -0.1) is 0 Å². The first kappa shape index (κ1) is 13.1. The van der Waals surface area contributed by atoms with Crippen molar-refractivity contribution in [2.24, 2.45) is 0 Å². The van der Waals surface area contributed by atoms with Crippen LogP contribution in [0.3, 0.4) is 0 Å². The summed E-state index contributed by atoms with van der Waals surface area (Å²) in [5, 5.41) is 2.68. The minimum Gasteiger partial charge on any atom is -0.363 e. The third-order valence-corrected chi connectivity index (χ3v) is 3.16. The second-order valence-corrected chi connectivity index (χ2v) is 4.66. The van der Waals surface area contributed by atoms with Crippen molar-refractivity contribution in [2.75, 3.05) is 32.0 Å². The Balaban J connectivity index is 2.10. The summed E-state index contributed by atoms with van der Waals surface area (Å²) < 4.78 is 24.5. The van der Waals surface area contributed by atoms with Crippen molar-refractivity contribution in [1.82, 2.24) is 14.9 Å². The Morgan fingerprint density at radius 2 is 2.22 bits per heavy atom. The maximum Gasteiger partial charge on any atom is 0.255 e. The van der Waals surface area contributed by atoms with Gasteiger partial charge in [0.1, 0.15) is 5.82 Å². The van der Waals surface area contributed by atoms with E-state index in [9.17, 15) is 8.78 Å². The molecule has 1 aliphatic heterocycles. The number of likely N-dealkylation sites (tertiary alicyclic amines) is 1. The van der Waals surface area contributed by atoms with Gasteiger partial charge >= 0.3 is 0 Å². The fraction of sp³-hybridized carbons (Fsp3) is 0.667. The molecule has 0 radical (unpaired) electrons. The van der Waals surface area contributed by atoms with E-state index in [0.717, 1.165) is 31.6 Å². The molecule has 2 rings (SSSR count). The van der Waals surface area contributed by atoms with E-state index in [2.05, 4.69) is 27.2 Å². The van der Waals surface area contributed by atoms with Crippen molar-refractivity contribution < 1.29 is 8.78 Å². The first-order valence-corrected chi connectivity index (χ1v) is 6.18. The van der Waals surface area contributed by atoms with Crippen molar-refractivity contribution in [3.63, 3.8) is 0 Å². The molecule has 0 saturated carbocycles. The molecule has 0 unspecified atom stereocenters. The third-order valence-electron chi connectivity index (χ3n) is 3.16. The molecule has 1 fully saturated rings. The lowest BCUT2D eigenvalue weighted by Gasteiger charge is -2.29. The number of rotatable bonds is 4. The minimum absolute atomic E-state index is 0.276. The predicted molar refractivity (Wildman–Crippen MR) is 66.0 cm³/mol. The monoisotopic (exact) mass is 256 g/mol. The summed E-state index contributed by atoms with van der Waals surface area (Å²) in [6.45, 7) is 1.60. The number of piperidine rings is 1. The first-order valence-electron chi connectivity index (χ1n) is 6.18. The lowest BCUT2D eigenvalue weighted by atomic mass is 9.94. The quantitative estimate of drug-likeness (QED) is 0.894. The van der Waals surface area contributed by atoms with Crippen LogP contribution in [0.1, 0.15) is 24.5 Å². The number of hydrogen-bond acceptors (Lipinski definition) is 4. The Morgan fingerprint density at radius 1 is 1.44 bits per heavy atom. The summed E-state index contributed by atoms with van der Waals surface area (Å²) in [4.78, 5) is 10.7. The van der Waals surface area contributed by atoms with Crippen molar-refractivity contribution in [1.29, 1.82) is 0 Å². The molecule has 4 nitrogen and oxygen atoms in total. The van der Waals surface area contributed by atoms with E-state index in [-0.39, 0.29) is 12.5 Å². The van der Waals surface area contributed by atoms with Crippen LogP contribution in [0.2, 0.25) is 0 Å². The van der Waals surface area contributed by atoms with Crippen LogP contribution < -0.4 is 5.32 Å². The van der Waals surface area contributed by atoms with Gasteiger partial charge in [-0.05, 0) is 26.4 Å². The zero-order chi connectivity index (χ0) is 13.0. The Labute approximate surface area is 105 Å². The predicted octanol–water partition coefficient (Wildman–Crippen LogP) is 1.96. The second kappa shape index (κ2) is 6.04. The Hall–Kier alpha value is -1.30. The molecule has 1 atom stereocenters. The fourth-order valence-electron chi connectivity index (χ4n) is 2.35. The molecule has 1 aromatic heterocycles. The molecule has 0 amide bonds. The van der Waals surface area contributed by atoms with Crippen LogP contribution in [0.4, 0.5) is 14.6 Å². The summed E-state index contributed by atoms with van der Waals surface area (Å²) >= 11 is 0. The van der Waals surface area contributed by atoms with Crippen molar-refractivity contribution in [3.05, 3.63) is 18.1 Å². The summed E-state index contributed by atoms with van der Waals surface area (Å²) in [6, 6.07) is 0. The molecule has 0 bridgehead atoms. The number of aromatic nitrogens is 2. The van der Waals surface area contributed by atoms with Gasteiger partial charge < -0.3 is 10.2 Å². The highest BCUT2D eigenvalue weighted by Crippen LogP contribution is 2.28. The topological polar surface area (TPSA) is 41.1 Å². The van der Waals surface area contributed by atoms with Crippen LogP contribution in [0, 0.1) is 0 Å². The molecule has 1 aliphatic rings. The molecule has 1 aromatic rings. The molecule has 0 spiro atoms. The van der Waals surface area contributed by atoms with Gasteiger partial charge in [0, 0.05) is 24.9 Å². The normalized spacial score (nSPS) is 21.2. The lowest BCUT2D eigenvalue weighted by molar-refractivity contribution is 0.163. The molecule has 0 aromatic carbocycles. The number of nitrogens with one attached hydrogen (secondary N) is 1. The number of alkyl halides is 2. The zero-order valence-corrected chi connectivity index (χ0v) is 10.4. The molecule has 1 N–H and O–H groups in total. The van der Waals surface area contributed by atoms with Gasteiger partial charge in [-0.1, -0.05) is 0 Å².